The fourth-order valence-corrected chi connectivity index (χ4v) is 3.33. The summed E-state index contributed by atoms with van der Waals surface area (Å²) in [7, 11) is 0. The monoisotopic (exact) mass is 369 g/mol. The number of nitrogens with zero attached hydrogens (tertiary/aromatic N) is 2. The highest BCUT2D eigenvalue weighted by atomic mass is 16.5. The van der Waals surface area contributed by atoms with Crippen molar-refractivity contribution in [3.05, 3.63) is 52.8 Å². The second-order valence-electron chi connectivity index (χ2n) is 6.73. The van der Waals surface area contributed by atoms with Gasteiger partial charge in [0.15, 0.2) is 0 Å². The minimum atomic E-state index is -0.248. The summed E-state index contributed by atoms with van der Waals surface area (Å²) in [5.41, 5.74) is 6.42. The molecule has 1 aromatic carbocycles. The van der Waals surface area contributed by atoms with E-state index in [1.54, 1.807) is 30.5 Å². The normalized spacial score (nSPS) is 16.8. The van der Waals surface area contributed by atoms with Gasteiger partial charge in [0.05, 0.1) is 18.9 Å². The molecule has 1 N–H and O–H groups in total. The van der Waals surface area contributed by atoms with Crippen molar-refractivity contribution < 1.29 is 14.3 Å². The van der Waals surface area contributed by atoms with E-state index in [1.807, 2.05) is 6.92 Å². The molecule has 144 valence electrons. The molecule has 0 spiro atoms. The first kappa shape index (κ1) is 19.2. The van der Waals surface area contributed by atoms with E-state index >= 15 is 0 Å². The zero-order chi connectivity index (χ0) is 19.2. The molecule has 0 aliphatic carbocycles. The Morgan fingerprint density at radius 2 is 2.15 bits per heavy atom. The SMILES string of the molecule is CCOc1ccc(C(=O)N/N=C\c2cc(C)n(C[C@H]3CCCO3)c2C)cc1. The Labute approximate surface area is 160 Å². The molecule has 1 amide bonds. The number of benzene rings is 1. The minimum absolute atomic E-state index is 0.248. The van der Waals surface area contributed by atoms with Crippen molar-refractivity contribution in [3.63, 3.8) is 0 Å². The molecule has 0 unspecified atom stereocenters. The van der Waals surface area contributed by atoms with Crippen molar-refractivity contribution in [1.29, 1.82) is 0 Å². The molecule has 1 atom stereocenters. The maximum Gasteiger partial charge on any atom is 0.271 e. The van der Waals surface area contributed by atoms with Gasteiger partial charge in [0, 0.05) is 35.7 Å². The summed E-state index contributed by atoms with van der Waals surface area (Å²) in [5, 5.41) is 4.12. The molecule has 2 heterocycles. The molecule has 3 rings (SSSR count). The predicted octanol–water partition coefficient (Wildman–Crippen LogP) is 3.45. The Kier molecular flexibility index (Phi) is 6.29. The van der Waals surface area contributed by atoms with Crippen LogP contribution in [0.4, 0.5) is 0 Å². The van der Waals surface area contributed by atoms with Crippen LogP contribution in [0.25, 0.3) is 0 Å². The summed E-state index contributed by atoms with van der Waals surface area (Å²) >= 11 is 0. The van der Waals surface area contributed by atoms with E-state index in [2.05, 4.69) is 35.0 Å². The second-order valence-corrected chi connectivity index (χ2v) is 6.73. The largest absolute Gasteiger partial charge is 0.494 e. The Morgan fingerprint density at radius 3 is 2.81 bits per heavy atom. The van der Waals surface area contributed by atoms with Crippen LogP contribution in [-0.4, -0.2) is 36.0 Å². The zero-order valence-corrected chi connectivity index (χ0v) is 16.2. The molecule has 1 aliphatic rings. The van der Waals surface area contributed by atoms with Crippen LogP contribution in [-0.2, 0) is 11.3 Å². The lowest BCUT2D eigenvalue weighted by Crippen LogP contribution is -2.18. The Bertz CT molecular complexity index is 803. The van der Waals surface area contributed by atoms with Gasteiger partial charge in [-0.1, -0.05) is 0 Å². The number of amides is 1. The van der Waals surface area contributed by atoms with Crippen LogP contribution in [0, 0.1) is 13.8 Å². The summed E-state index contributed by atoms with van der Waals surface area (Å²) in [6, 6.07) is 9.09. The Morgan fingerprint density at radius 1 is 1.37 bits per heavy atom. The minimum Gasteiger partial charge on any atom is -0.494 e. The van der Waals surface area contributed by atoms with Gasteiger partial charge in [0.2, 0.25) is 0 Å². The summed E-state index contributed by atoms with van der Waals surface area (Å²) in [5.74, 6) is 0.499. The van der Waals surface area contributed by atoms with Gasteiger partial charge >= 0.3 is 0 Å². The van der Waals surface area contributed by atoms with E-state index in [-0.39, 0.29) is 5.91 Å². The standard InChI is InChI=1S/C21H27N3O3/c1-4-26-19-9-7-17(8-10-19)21(25)23-22-13-18-12-15(2)24(16(18)3)14-20-6-5-11-27-20/h7-10,12-13,20H,4-6,11,14H2,1-3H3,(H,23,25)/b22-13-/t20-/m1/s1. The molecule has 1 aromatic heterocycles. The number of hydrazone groups is 1. The van der Waals surface area contributed by atoms with Crippen LogP contribution in [0.1, 0.15) is 47.1 Å². The molecule has 1 saturated heterocycles. The fraction of sp³-hybridized carbons (Fsp3) is 0.429. The molecule has 6 nitrogen and oxygen atoms in total. The van der Waals surface area contributed by atoms with E-state index in [9.17, 15) is 4.79 Å². The highest BCUT2D eigenvalue weighted by molar-refractivity contribution is 5.95. The van der Waals surface area contributed by atoms with E-state index in [0.717, 1.165) is 43.0 Å². The number of ether oxygens (including phenoxy) is 2. The van der Waals surface area contributed by atoms with Gasteiger partial charge in [0.1, 0.15) is 5.75 Å². The summed E-state index contributed by atoms with van der Waals surface area (Å²) in [4.78, 5) is 12.2. The van der Waals surface area contributed by atoms with Gasteiger partial charge in [-0.25, -0.2) is 5.43 Å². The van der Waals surface area contributed by atoms with Crippen molar-refractivity contribution in [1.82, 2.24) is 9.99 Å². The van der Waals surface area contributed by atoms with Crippen molar-refractivity contribution in [2.45, 2.75) is 46.3 Å². The lowest BCUT2D eigenvalue weighted by Gasteiger charge is -2.14. The number of hydrogen-bond donors (Lipinski definition) is 1. The number of aromatic nitrogens is 1. The lowest BCUT2D eigenvalue weighted by atomic mass is 10.2. The Balaban J connectivity index is 1.61. The fourth-order valence-electron chi connectivity index (χ4n) is 3.33. The zero-order valence-electron chi connectivity index (χ0n) is 16.2. The molecular weight excluding hydrogens is 342 g/mol. The van der Waals surface area contributed by atoms with Gasteiger partial charge in [-0.2, -0.15) is 5.10 Å². The number of rotatable bonds is 7. The lowest BCUT2D eigenvalue weighted by molar-refractivity contribution is 0.0954. The van der Waals surface area contributed by atoms with Crippen LogP contribution in [0.15, 0.2) is 35.4 Å². The van der Waals surface area contributed by atoms with Gasteiger partial charge in [-0.3, -0.25) is 4.79 Å². The van der Waals surface area contributed by atoms with Crippen LogP contribution in [0.2, 0.25) is 0 Å². The van der Waals surface area contributed by atoms with Crippen LogP contribution in [0.3, 0.4) is 0 Å². The maximum absolute atomic E-state index is 12.2. The van der Waals surface area contributed by atoms with Gasteiger partial charge in [-0.15, -0.1) is 0 Å². The highest BCUT2D eigenvalue weighted by Gasteiger charge is 2.18. The topological polar surface area (TPSA) is 64.8 Å². The summed E-state index contributed by atoms with van der Waals surface area (Å²) in [6.07, 6.45) is 4.23. The van der Waals surface area contributed by atoms with Crippen molar-refractivity contribution in [2.75, 3.05) is 13.2 Å². The Hall–Kier alpha value is -2.60. The summed E-state index contributed by atoms with van der Waals surface area (Å²) in [6.45, 7) is 8.39. The summed E-state index contributed by atoms with van der Waals surface area (Å²) < 4.78 is 13.4. The average molecular weight is 369 g/mol. The molecule has 1 fully saturated rings. The van der Waals surface area contributed by atoms with Crippen molar-refractivity contribution in [3.8, 4) is 5.75 Å². The highest BCUT2D eigenvalue weighted by Crippen LogP contribution is 2.19. The predicted molar refractivity (Wildman–Crippen MR) is 106 cm³/mol. The van der Waals surface area contributed by atoms with E-state index in [0.29, 0.717) is 18.3 Å². The number of hydrogen-bond acceptors (Lipinski definition) is 4. The molecule has 2 aromatic rings. The third-order valence-corrected chi connectivity index (χ3v) is 4.82. The molecule has 0 radical (unpaired) electrons. The number of aryl methyl sites for hydroxylation is 1. The van der Waals surface area contributed by atoms with Crippen LogP contribution < -0.4 is 10.2 Å². The van der Waals surface area contributed by atoms with Crippen molar-refractivity contribution >= 4 is 12.1 Å². The number of carbonyl (C=O) groups is 1. The first-order chi connectivity index (χ1) is 13.1. The van der Waals surface area contributed by atoms with Gasteiger partial charge in [-0.05, 0) is 63.9 Å². The van der Waals surface area contributed by atoms with Gasteiger partial charge < -0.3 is 14.0 Å². The first-order valence-corrected chi connectivity index (χ1v) is 9.43. The average Bonchev–Trinajstić information content (AvgIpc) is 3.27. The first-order valence-electron chi connectivity index (χ1n) is 9.43. The maximum atomic E-state index is 12.2. The smallest absolute Gasteiger partial charge is 0.271 e. The van der Waals surface area contributed by atoms with Crippen molar-refractivity contribution in [2.24, 2.45) is 5.10 Å². The van der Waals surface area contributed by atoms with E-state index in [1.165, 1.54) is 5.69 Å². The number of carbonyl (C=O) groups excluding carboxylic acids is 1. The molecule has 6 heteroatoms. The molecule has 0 bridgehead atoms. The van der Waals surface area contributed by atoms with E-state index < -0.39 is 0 Å². The van der Waals surface area contributed by atoms with E-state index in [4.69, 9.17) is 9.47 Å². The quantitative estimate of drug-likeness (QED) is 0.601. The molecular formula is C21H27N3O3. The third-order valence-electron chi connectivity index (χ3n) is 4.82. The van der Waals surface area contributed by atoms with Crippen LogP contribution in [0.5, 0.6) is 5.75 Å². The molecule has 27 heavy (non-hydrogen) atoms. The third kappa shape index (κ3) is 4.77. The van der Waals surface area contributed by atoms with Gasteiger partial charge in [0.25, 0.3) is 5.91 Å². The second kappa shape index (κ2) is 8.86. The number of nitrogens with one attached hydrogen (secondary N) is 1. The van der Waals surface area contributed by atoms with Crippen LogP contribution >= 0.6 is 0 Å². The molecule has 0 saturated carbocycles. The molecule has 1 aliphatic heterocycles.